The molecule has 1 aromatic heterocycles. The highest BCUT2D eigenvalue weighted by Gasteiger charge is 2.04. The Morgan fingerprint density at radius 2 is 2.30 bits per heavy atom. The number of hydrogen-bond acceptors (Lipinski definition) is 4. The molecule has 0 spiro atoms. The van der Waals surface area contributed by atoms with Crippen molar-refractivity contribution in [2.24, 2.45) is 0 Å². The first-order chi connectivity index (χ1) is 4.74. The van der Waals surface area contributed by atoms with Crippen LogP contribution < -0.4 is 4.74 Å². The summed E-state index contributed by atoms with van der Waals surface area (Å²) in [5.41, 5.74) is 0.732. The van der Waals surface area contributed by atoms with Crippen molar-refractivity contribution in [2.75, 3.05) is 7.11 Å². The summed E-state index contributed by atoms with van der Waals surface area (Å²) in [5.74, 6) is 0.414. The van der Waals surface area contributed by atoms with Crippen LogP contribution in [0.3, 0.4) is 0 Å². The maximum absolute atomic E-state index is 4.95. The number of hydrogen-bond donors (Lipinski definition) is 0. The quantitative estimate of drug-likeness (QED) is 0.617. The highest BCUT2D eigenvalue weighted by molar-refractivity contribution is 5.51. The average Bonchev–Trinajstić information content (AvgIpc) is 2.34. The lowest BCUT2D eigenvalue weighted by Crippen LogP contribution is -1.79. The molecule has 0 bridgehead atoms. The molecule has 0 aromatic carbocycles. The second-order valence-corrected chi connectivity index (χ2v) is 1.86. The van der Waals surface area contributed by atoms with E-state index < -0.39 is 0 Å². The summed E-state index contributed by atoms with van der Waals surface area (Å²) in [4.78, 5) is 0. The monoisotopic (exact) mass is 140 g/mol. The summed E-state index contributed by atoms with van der Waals surface area (Å²) >= 11 is 0. The standard InChI is InChI=1S/C6H8N2O2/c1-4(2)5-7-8-6(9-3)10-5/h1H2,2-3H3. The molecule has 54 valence electrons. The molecule has 0 amide bonds. The minimum absolute atomic E-state index is 0.165. The number of nitrogens with zero attached hydrogens (tertiary/aromatic N) is 2. The molecule has 0 N–H and O–H groups in total. The van der Waals surface area contributed by atoms with Crippen molar-refractivity contribution < 1.29 is 9.15 Å². The molecule has 0 aliphatic carbocycles. The molecule has 0 radical (unpaired) electrons. The van der Waals surface area contributed by atoms with E-state index in [9.17, 15) is 0 Å². The fraction of sp³-hybridized carbons (Fsp3) is 0.333. The van der Waals surface area contributed by atoms with Crippen LogP contribution in [0.2, 0.25) is 0 Å². The number of aromatic nitrogens is 2. The van der Waals surface area contributed by atoms with Crippen molar-refractivity contribution in [3.05, 3.63) is 12.5 Å². The van der Waals surface area contributed by atoms with E-state index in [0.29, 0.717) is 5.89 Å². The molecule has 0 fully saturated rings. The van der Waals surface area contributed by atoms with Crippen molar-refractivity contribution in [3.63, 3.8) is 0 Å². The van der Waals surface area contributed by atoms with Crippen molar-refractivity contribution >= 4 is 5.57 Å². The Labute approximate surface area is 58.5 Å². The Bertz CT molecular complexity index is 242. The van der Waals surface area contributed by atoms with E-state index >= 15 is 0 Å². The van der Waals surface area contributed by atoms with Crippen LogP contribution in [0.15, 0.2) is 11.0 Å². The highest BCUT2D eigenvalue weighted by Crippen LogP contribution is 2.13. The molecule has 0 atom stereocenters. The van der Waals surface area contributed by atoms with Crippen molar-refractivity contribution in [1.82, 2.24) is 10.2 Å². The molecule has 0 saturated heterocycles. The SMILES string of the molecule is C=C(C)c1nnc(OC)o1. The fourth-order valence-electron chi connectivity index (χ4n) is 0.465. The average molecular weight is 140 g/mol. The van der Waals surface area contributed by atoms with Gasteiger partial charge >= 0.3 is 6.08 Å². The van der Waals surface area contributed by atoms with Crippen LogP contribution in [0.25, 0.3) is 5.57 Å². The van der Waals surface area contributed by atoms with Crippen LogP contribution in [0.5, 0.6) is 6.08 Å². The highest BCUT2D eigenvalue weighted by atomic mass is 16.6. The van der Waals surface area contributed by atoms with Gasteiger partial charge in [0.1, 0.15) is 0 Å². The molecule has 0 unspecified atom stereocenters. The van der Waals surface area contributed by atoms with E-state index in [1.165, 1.54) is 7.11 Å². The minimum Gasteiger partial charge on any atom is -0.452 e. The van der Waals surface area contributed by atoms with Gasteiger partial charge in [0.2, 0.25) is 5.89 Å². The normalized spacial score (nSPS) is 9.40. The molecule has 1 heterocycles. The smallest absolute Gasteiger partial charge is 0.414 e. The molecular weight excluding hydrogens is 132 g/mol. The van der Waals surface area contributed by atoms with E-state index in [1.807, 2.05) is 0 Å². The van der Waals surface area contributed by atoms with Gasteiger partial charge in [-0.05, 0) is 6.92 Å². The van der Waals surface area contributed by atoms with E-state index in [2.05, 4.69) is 21.5 Å². The van der Waals surface area contributed by atoms with Gasteiger partial charge in [0, 0.05) is 5.57 Å². The molecule has 0 aliphatic heterocycles. The Hall–Kier alpha value is -1.32. The number of methoxy groups -OCH3 is 1. The van der Waals surface area contributed by atoms with Gasteiger partial charge in [0.05, 0.1) is 7.11 Å². The molecule has 10 heavy (non-hydrogen) atoms. The Balaban J connectivity index is 2.88. The van der Waals surface area contributed by atoms with Crippen LogP contribution in [-0.4, -0.2) is 17.3 Å². The Morgan fingerprint density at radius 3 is 2.60 bits per heavy atom. The summed E-state index contributed by atoms with van der Waals surface area (Å²) < 4.78 is 9.61. The van der Waals surface area contributed by atoms with Gasteiger partial charge in [0.15, 0.2) is 0 Å². The zero-order chi connectivity index (χ0) is 7.56. The lowest BCUT2D eigenvalue weighted by Gasteiger charge is -1.86. The lowest BCUT2D eigenvalue weighted by atomic mass is 10.4. The number of rotatable bonds is 2. The summed E-state index contributed by atoms with van der Waals surface area (Å²) in [7, 11) is 1.47. The summed E-state index contributed by atoms with van der Waals surface area (Å²) in [6.45, 7) is 5.41. The predicted octanol–water partition coefficient (Wildman–Crippen LogP) is 1.11. The molecule has 4 heteroatoms. The van der Waals surface area contributed by atoms with Crippen LogP contribution in [-0.2, 0) is 0 Å². The first kappa shape index (κ1) is 6.80. The molecular formula is C6H8N2O2. The van der Waals surface area contributed by atoms with Gasteiger partial charge in [-0.3, -0.25) is 0 Å². The molecule has 1 rings (SSSR count). The third kappa shape index (κ3) is 1.15. The third-order valence-electron chi connectivity index (χ3n) is 0.946. The lowest BCUT2D eigenvalue weighted by molar-refractivity contribution is 0.287. The van der Waals surface area contributed by atoms with Gasteiger partial charge in [-0.15, -0.1) is 5.10 Å². The van der Waals surface area contributed by atoms with Crippen molar-refractivity contribution in [1.29, 1.82) is 0 Å². The predicted molar refractivity (Wildman–Crippen MR) is 35.6 cm³/mol. The Kier molecular flexibility index (Phi) is 1.71. The van der Waals surface area contributed by atoms with Crippen LogP contribution in [0, 0.1) is 0 Å². The fourth-order valence-corrected chi connectivity index (χ4v) is 0.465. The largest absolute Gasteiger partial charge is 0.452 e. The summed E-state index contributed by atoms with van der Waals surface area (Å²) in [6.07, 6.45) is 0.165. The second kappa shape index (κ2) is 2.51. The minimum atomic E-state index is 0.165. The van der Waals surface area contributed by atoms with Crippen LogP contribution in [0.1, 0.15) is 12.8 Å². The van der Waals surface area contributed by atoms with Crippen LogP contribution in [0.4, 0.5) is 0 Å². The topological polar surface area (TPSA) is 48.2 Å². The molecule has 0 aliphatic rings. The van der Waals surface area contributed by atoms with E-state index in [-0.39, 0.29) is 6.08 Å². The van der Waals surface area contributed by atoms with Gasteiger partial charge in [-0.1, -0.05) is 11.7 Å². The maximum atomic E-state index is 4.95. The Morgan fingerprint density at radius 1 is 1.60 bits per heavy atom. The van der Waals surface area contributed by atoms with Gasteiger partial charge in [-0.25, -0.2) is 0 Å². The van der Waals surface area contributed by atoms with E-state index in [1.54, 1.807) is 6.92 Å². The maximum Gasteiger partial charge on any atom is 0.414 e. The first-order valence-electron chi connectivity index (χ1n) is 2.77. The second-order valence-electron chi connectivity index (χ2n) is 1.86. The third-order valence-corrected chi connectivity index (χ3v) is 0.946. The zero-order valence-corrected chi connectivity index (χ0v) is 5.92. The van der Waals surface area contributed by atoms with Crippen molar-refractivity contribution in [3.8, 4) is 6.08 Å². The molecule has 1 aromatic rings. The van der Waals surface area contributed by atoms with Crippen LogP contribution >= 0.6 is 0 Å². The molecule has 4 nitrogen and oxygen atoms in total. The van der Waals surface area contributed by atoms with Crippen molar-refractivity contribution in [2.45, 2.75) is 6.92 Å². The van der Waals surface area contributed by atoms with Gasteiger partial charge in [0.25, 0.3) is 0 Å². The van der Waals surface area contributed by atoms with E-state index in [4.69, 9.17) is 4.42 Å². The molecule has 0 saturated carbocycles. The number of ether oxygens (including phenoxy) is 1. The number of allylic oxidation sites excluding steroid dienone is 1. The van der Waals surface area contributed by atoms with Gasteiger partial charge < -0.3 is 9.15 Å². The van der Waals surface area contributed by atoms with Gasteiger partial charge in [-0.2, -0.15) is 0 Å². The summed E-state index contributed by atoms with van der Waals surface area (Å²) in [5, 5.41) is 7.20. The first-order valence-corrected chi connectivity index (χ1v) is 2.77. The summed E-state index contributed by atoms with van der Waals surface area (Å²) in [6, 6.07) is 0. The van der Waals surface area contributed by atoms with E-state index in [0.717, 1.165) is 5.57 Å². The zero-order valence-electron chi connectivity index (χ0n) is 5.92.